The summed E-state index contributed by atoms with van der Waals surface area (Å²) >= 11 is 5.39. The fourth-order valence-corrected chi connectivity index (χ4v) is 0.919. The van der Waals surface area contributed by atoms with E-state index in [9.17, 15) is 4.39 Å². The van der Waals surface area contributed by atoms with Crippen LogP contribution in [0, 0.1) is 17.1 Å². The topological polar surface area (TPSA) is 49.8 Å². The SMILES string of the molecule is N#Cc1cc(N)cc(Cl)c1F. The molecule has 0 aromatic heterocycles. The lowest BCUT2D eigenvalue weighted by Crippen LogP contribution is -1.90. The molecule has 0 radical (unpaired) electrons. The van der Waals surface area contributed by atoms with E-state index < -0.39 is 5.82 Å². The molecule has 0 saturated heterocycles. The molecule has 0 amide bonds. The van der Waals surface area contributed by atoms with E-state index in [1.54, 1.807) is 6.07 Å². The highest BCUT2D eigenvalue weighted by atomic mass is 35.5. The van der Waals surface area contributed by atoms with Crippen molar-refractivity contribution in [3.05, 3.63) is 28.5 Å². The number of hydrogen-bond acceptors (Lipinski definition) is 2. The smallest absolute Gasteiger partial charge is 0.159 e. The molecule has 56 valence electrons. The normalized spacial score (nSPS) is 9.18. The molecule has 0 saturated carbocycles. The Morgan fingerprint density at radius 1 is 1.55 bits per heavy atom. The standard InChI is InChI=1S/C7H4ClFN2/c8-6-2-5(11)1-4(3-10)7(6)9/h1-2H,11H2. The molecule has 0 spiro atoms. The summed E-state index contributed by atoms with van der Waals surface area (Å²) in [5.74, 6) is -0.719. The molecule has 0 aliphatic carbocycles. The fraction of sp³-hybridized carbons (Fsp3) is 0. The number of nitrogens with zero attached hydrogens (tertiary/aromatic N) is 1. The van der Waals surface area contributed by atoms with Crippen molar-refractivity contribution in [3.8, 4) is 6.07 Å². The second kappa shape index (κ2) is 2.77. The number of anilines is 1. The Labute approximate surface area is 68.0 Å². The maximum absolute atomic E-state index is 12.8. The van der Waals surface area contributed by atoms with Crippen LogP contribution in [-0.2, 0) is 0 Å². The van der Waals surface area contributed by atoms with Gasteiger partial charge in [0, 0.05) is 5.69 Å². The summed E-state index contributed by atoms with van der Waals surface area (Å²) in [5, 5.41) is 8.24. The van der Waals surface area contributed by atoms with Gasteiger partial charge in [-0.2, -0.15) is 5.26 Å². The summed E-state index contributed by atoms with van der Waals surface area (Å²) in [6, 6.07) is 4.14. The van der Waals surface area contributed by atoms with Crippen molar-refractivity contribution in [1.29, 1.82) is 5.26 Å². The van der Waals surface area contributed by atoms with Crippen molar-refractivity contribution in [3.63, 3.8) is 0 Å². The maximum Gasteiger partial charge on any atom is 0.159 e. The molecule has 0 bridgehead atoms. The number of nitrogens with two attached hydrogens (primary N) is 1. The Balaban J connectivity index is 3.39. The maximum atomic E-state index is 12.8. The molecule has 1 rings (SSSR count). The molecule has 2 nitrogen and oxygen atoms in total. The number of rotatable bonds is 0. The molecule has 1 aromatic rings. The Kier molecular flexibility index (Phi) is 1.97. The van der Waals surface area contributed by atoms with Crippen LogP contribution < -0.4 is 5.73 Å². The summed E-state index contributed by atoms with van der Waals surface area (Å²) in [5.41, 5.74) is 5.46. The molecule has 0 fully saturated rings. The van der Waals surface area contributed by atoms with Crippen LogP contribution in [0.25, 0.3) is 0 Å². The van der Waals surface area contributed by atoms with Gasteiger partial charge < -0.3 is 5.73 Å². The number of nitriles is 1. The molecule has 4 heteroatoms. The van der Waals surface area contributed by atoms with E-state index in [1.807, 2.05) is 0 Å². The predicted molar refractivity (Wildman–Crippen MR) is 40.5 cm³/mol. The monoisotopic (exact) mass is 170 g/mol. The Hall–Kier alpha value is -1.27. The van der Waals surface area contributed by atoms with Crippen LogP contribution in [0.1, 0.15) is 5.56 Å². The van der Waals surface area contributed by atoms with Gasteiger partial charge in [0.2, 0.25) is 0 Å². The third-order valence-corrected chi connectivity index (χ3v) is 1.45. The zero-order valence-electron chi connectivity index (χ0n) is 5.44. The second-order valence-corrected chi connectivity index (χ2v) is 2.38. The van der Waals surface area contributed by atoms with E-state index in [0.717, 1.165) is 0 Å². The Morgan fingerprint density at radius 3 is 2.73 bits per heavy atom. The summed E-state index contributed by atoms with van der Waals surface area (Å²) < 4.78 is 12.8. The largest absolute Gasteiger partial charge is 0.399 e. The van der Waals surface area contributed by atoms with Crippen LogP contribution in [0.5, 0.6) is 0 Å². The van der Waals surface area contributed by atoms with Crippen LogP contribution in [0.3, 0.4) is 0 Å². The van der Waals surface area contributed by atoms with Gasteiger partial charge in [0.25, 0.3) is 0 Å². The minimum absolute atomic E-state index is 0.124. The highest BCUT2D eigenvalue weighted by molar-refractivity contribution is 6.31. The first-order valence-corrected chi connectivity index (χ1v) is 3.17. The number of benzene rings is 1. The van der Waals surface area contributed by atoms with Crippen LogP contribution in [0.4, 0.5) is 10.1 Å². The summed E-state index contributed by atoms with van der Waals surface area (Å²) in [4.78, 5) is 0. The van der Waals surface area contributed by atoms with Gasteiger partial charge in [-0.25, -0.2) is 4.39 Å². The second-order valence-electron chi connectivity index (χ2n) is 1.98. The van der Waals surface area contributed by atoms with Crippen LogP contribution in [-0.4, -0.2) is 0 Å². The first kappa shape index (κ1) is 7.83. The zero-order chi connectivity index (χ0) is 8.43. The molecule has 0 aliphatic heterocycles. The summed E-state index contributed by atoms with van der Waals surface area (Å²) in [7, 11) is 0. The van der Waals surface area contributed by atoms with E-state index in [-0.39, 0.29) is 16.3 Å². The minimum Gasteiger partial charge on any atom is -0.399 e. The summed E-state index contributed by atoms with van der Waals surface area (Å²) in [6.07, 6.45) is 0. The van der Waals surface area contributed by atoms with Crippen LogP contribution >= 0.6 is 11.6 Å². The van der Waals surface area contributed by atoms with Crippen molar-refractivity contribution in [2.75, 3.05) is 5.73 Å². The van der Waals surface area contributed by atoms with Crippen molar-refractivity contribution < 1.29 is 4.39 Å². The molecular weight excluding hydrogens is 167 g/mol. The van der Waals surface area contributed by atoms with Gasteiger partial charge in [0.05, 0.1) is 10.6 Å². The first-order valence-electron chi connectivity index (χ1n) is 2.79. The van der Waals surface area contributed by atoms with Gasteiger partial charge in [0.1, 0.15) is 6.07 Å². The number of nitrogen functional groups attached to an aromatic ring is 1. The molecule has 0 heterocycles. The Bertz CT molecular complexity index is 330. The van der Waals surface area contributed by atoms with E-state index in [0.29, 0.717) is 0 Å². The molecule has 1 aromatic carbocycles. The van der Waals surface area contributed by atoms with Crippen molar-refractivity contribution in [2.45, 2.75) is 0 Å². The van der Waals surface area contributed by atoms with Gasteiger partial charge in [-0.1, -0.05) is 11.6 Å². The highest BCUT2D eigenvalue weighted by Crippen LogP contribution is 2.21. The molecule has 0 aliphatic rings. The van der Waals surface area contributed by atoms with Crippen LogP contribution in [0.2, 0.25) is 5.02 Å². The van der Waals surface area contributed by atoms with Gasteiger partial charge in [-0.15, -0.1) is 0 Å². The third-order valence-electron chi connectivity index (χ3n) is 1.17. The Morgan fingerprint density at radius 2 is 2.18 bits per heavy atom. The van der Waals surface area contributed by atoms with Gasteiger partial charge in [0.15, 0.2) is 5.82 Å². The minimum atomic E-state index is -0.719. The molecule has 0 atom stereocenters. The molecule has 0 unspecified atom stereocenters. The van der Waals surface area contributed by atoms with Crippen molar-refractivity contribution in [2.24, 2.45) is 0 Å². The lowest BCUT2D eigenvalue weighted by atomic mass is 10.2. The van der Waals surface area contributed by atoms with Gasteiger partial charge in [-0.3, -0.25) is 0 Å². The fourth-order valence-electron chi connectivity index (χ4n) is 0.691. The molecule has 11 heavy (non-hydrogen) atoms. The van der Waals surface area contributed by atoms with Crippen LogP contribution in [0.15, 0.2) is 12.1 Å². The number of halogens is 2. The van der Waals surface area contributed by atoms with E-state index in [2.05, 4.69) is 0 Å². The average molecular weight is 171 g/mol. The molecule has 2 N–H and O–H groups in total. The third kappa shape index (κ3) is 1.41. The quantitative estimate of drug-likeness (QED) is 0.605. The van der Waals surface area contributed by atoms with Crippen molar-refractivity contribution >= 4 is 17.3 Å². The number of hydrogen-bond donors (Lipinski definition) is 1. The van der Waals surface area contributed by atoms with E-state index in [1.165, 1.54) is 12.1 Å². The lowest BCUT2D eigenvalue weighted by Gasteiger charge is -1.97. The van der Waals surface area contributed by atoms with Crippen molar-refractivity contribution in [1.82, 2.24) is 0 Å². The summed E-state index contributed by atoms with van der Waals surface area (Å²) in [6.45, 7) is 0. The zero-order valence-corrected chi connectivity index (χ0v) is 6.19. The highest BCUT2D eigenvalue weighted by Gasteiger charge is 2.06. The predicted octanol–water partition coefficient (Wildman–Crippen LogP) is 1.93. The first-order chi connectivity index (χ1) is 5.15. The van der Waals surface area contributed by atoms with Gasteiger partial charge >= 0.3 is 0 Å². The average Bonchev–Trinajstić information content (AvgIpc) is 1.96. The van der Waals surface area contributed by atoms with E-state index in [4.69, 9.17) is 22.6 Å². The van der Waals surface area contributed by atoms with E-state index >= 15 is 0 Å². The lowest BCUT2D eigenvalue weighted by molar-refractivity contribution is 0.624. The molecular formula is C7H4ClFN2. The van der Waals surface area contributed by atoms with Gasteiger partial charge in [-0.05, 0) is 12.1 Å².